The summed E-state index contributed by atoms with van der Waals surface area (Å²) in [6, 6.07) is 44.0. The second-order valence-corrected chi connectivity index (χ2v) is 11.7. The maximum atomic E-state index is 13.2. The lowest BCUT2D eigenvalue weighted by molar-refractivity contribution is 0.0926. The Bertz CT molecular complexity index is 2620. The maximum Gasteiger partial charge on any atom is 0.266 e. The summed E-state index contributed by atoms with van der Waals surface area (Å²) in [4.78, 5) is 27.6. The Balaban J connectivity index is 1.31. The highest BCUT2D eigenvalue weighted by atomic mass is 16.2. The van der Waals surface area contributed by atoms with Gasteiger partial charge < -0.3 is 9.13 Å². The van der Waals surface area contributed by atoms with Gasteiger partial charge in [0.1, 0.15) is 6.07 Å². The van der Waals surface area contributed by atoms with Gasteiger partial charge in [-0.15, -0.1) is 0 Å². The third-order valence-electron chi connectivity index (χ3n) is 9.16. The van der Waals surface area contributed by atoms with Crippen molar-refractivity contribution in [3.8, 4) is 17.4 Å². The highest BCUT2D eigenvalue weighted by Gasteiger charge is 2.36. The summed E-state index contributed by atoms with van der Waals surface area (Å²) in [7, 11) is 0. The van der Waals surface area contributed by atoms with E-state index in [-0.39, 0.29) is 11.8 Å². The minimum atomic E-state index is -0.388. The molecule has 2 amide bonds. The number of rotatable bonds is 3. The molecule has 0 saturated heterocycles. The Kier molecular flexibility index (Phi) is 5.38. The summed E-state index contributed by atoms with van der Waals surface area (Å²) in [5, 5.41) is 14.9. The largest absolute Gasteiger partial charge is 0.309 e. The van der Waals surface area contributed by atoms with Gasteiger partial charge in [0.2, 0.25) is 0 Å². The van der Waals surface area contributed by atoms with Crippen LogP contribution in [0.25, 0.3) is 55.0 Å². The molecule has 0 radical (unpaired) electrons. The van der Waals surface area contributed by atoms with Crippen molar-refractivity contribution in [1.82, 2.24) is 9.13 Å². The van der Waals surface area contributed by atoms with Crippen molar-refractivity contribution in [3.63, 3.8) is 0 Å². The molecule has 6 heteroatoms. The second-order valence-electron chi connectivity index (χ2n) is 11.7. The van der Waals surface area contributed by atoms with Crippen molar-refractivity contribution in [1.29, 1.82) is 5.26 Å². The lowest BCUT2D eigenvalue weighted by Gasteiger charge is -2.17. The van der Waals surface area contributed by atoms with Gasteiger partial charge in [-0.25, -0.2) is 4.90 Å². The molecule has 0 unspecified atom stereocenters. The zero-order valence-electron chi connectivity index (χ0n) is 24.7. The van der Waals surface area contributed by atoms with Crippen LogP contribution in [0.1, 0.15) is 31.8 Å². The molecule has 0 N–H and O–H groups in total. The van der Waals surface area contributed by atoms with E-state index >= 15 is 0 Å². The summed E-state index contributed by atoms with van der Waals surface area (Å²) in [5.41, 5.74) is 8.58. The topological polar surface area (TPSA) is 71.0 Å². The number of benzene rings is 6. The molecule has 3 heterocycles. The number of aromatic nitrogens is 2. The molecule has 0 fully saturated rings. The van der Waals surface area contributed by atoms with Crippen molar-refractivity contribution in [3.05, 3.63) is 150 Å². The first kappa shape index (κ1) is 26.0. The number of para-hydroxylation sites is 2. The quantitative estimate of drug-likeness (QED) is 0.192. The zero-order valence-corrected chi connectivity index (χ0v) is 24.7. The number of nitrogens with zero attached hydrogens (tertiary/aromatic N) is 4. The molecule has 8 aromatic rings. The number of hydrogen-bond acceptors (Lipinski definition) is 3. The minimum Gasteiger partial charge on any atom is -0.309 e. The van der Waals surface area contributed by atoms with Crippen molar-refractivity contribution >= 4 is 61.1 Å². The zero-order chi connectivity index (χ0) is 31.1. The Morgan fingerprint density at radius 2 is 1.07 bits per heavy atom. The third-order valence-corrected chi connectivity index (χ3v) is 9.16. The Hall–Kier alpha value is -6.45. The molecule has 0 bridgehead atoms. The van der Waals surface area contributed by atoms with Crippen molar-refractivity contribution < 1.29 is 9.59 Å². The van der Waals surface area contributed by atoms with E-state index in [1.165, 1.54) is 5.56 Å². The van der Waals surface area contributed by atoms with Crippen LogP contribution in [0.15, 0.2) is 127 Å². The number of anilines is 1. The third kappa shape index (κ3) is 3.45. The fourth-order valence-corrected chi connectivity index (χ4v) is 7.12. The number of hydrogen-bond donors (Lipinski definition) is 0. The number of aryl methyl sites for hydroxylation is 1. The normalized spacial score (nSPS) is 12.9. The molecule has 9 rings (SSSR count). The van der Waals surface area contributed by atoms with Crippen molar-refractivity contribution in [2.45, 2.75) is 6.92 Å². The van der Waals surface area contributed by atoms with Crippen LogP contribution in [0.2, 0.25) is 0 Å². The van der Waals surface area contributed by atoms with Crippen LogP contribution in [0.4, 0.5) is 5.69 Å². The average molecular weight is 593 g/mol. The number of amides is 2. The standard InChI is InChI=1S/C40H24N4O2/c1-24-14-16-26(17-15-24)42-33-12-6-4-10-30(33)37-35(42)20-21-36-38(37)31-11-5-7-13-34(31)44(36)32-19-18-27(22-25(32)23-41)43-39(45)28-8-2-3-9-29(28)40(43)46/h2-22H,1H3. The molecule has 1 aliphatic rings. The summed E-state index contributed by atoms with van der Waals surface area (Å²) >= 11 is 0. The van der Waals surface area contributed by atoms with Crippen molar-refractivity contribution in [2.75, 3.05) is 4.90 Å². The monoisotopic (exact) mass is 592 g/mol. The summed E-state index contributed by atoms with van der Waals surface area (Å²) < 4.78 is 4.43. The van der Waals surface area contributed by atoms with Crippen LogP contribution in [0.5, 0.6) is 0 Å². The van der Waals surface area contributed by atoms with E-state index in [9.17, 15) is 14.9 Å². The van der Waals surface area contributed by atoms with E-state index in [0.29, 0.717) is 28.1 Å². The van der Waals surface area contributed by atoms with Crippen LogP contribution in [-0.4, -0.2) is 20.9 Å². The van der Waals surface area contributed by atoms with Crippen molar-refractivity contribution in [2.24, 2.45) is 0 Å². The summed E-state index contributed by atoms with van der Waals surface area (Å²) in [5.74, 6) is -0.775. The molecule has 46 heavy (non-hydrogen) atoms. The Labute approximate surface area is 263 Å². The van der Waals surface area contributed by atoms with Gasteiger partial charge in [-0.1, -0.05) is 66.2 Å². The van der Waals surface area contributed by atoms with Gasteiger partial charge in [-0.3, -0.25) is 9.59 Å². The van der Waals surface area contributed by atoms with Gasteiger partial charge in [0.05, 0.1) is 50.1 Å². The molecule has 2 aromatic heterocycles. The van der Waals surface area contributed by atoms with Crippen LogP contribution >= 0.6 is 0 Å². The average Bonchev–Trinajstić information content (AvgIpc) is 3.70. The SMILES string of the molecule is Cc1ccc(-n2c3ccccc3c3c4c5ccccc5n(-c5ccc(N6C(=O)c7ccccc7C6=O)cc5C#N)c4ccc32)cc1. The first-order chi connectivity index (χ1) is 22.5. The summed E-state index contributed by atoms with van der Waals surface area (Å²) in [6.45, 7) is 2.09. The van der Waals surface area contributed by atoms with Gasteiger partial charge in [0.25, 0.3) is 11.8 Å². The number of fused-ring (bicyclic) bond motifs is 8. The number of carbonyl (C=O) groups is 2. The van der Waals surface area contributed by atoms with Gasteiger partial charge in [-0.05, 0) is 73.7 Å². The van der Waals surface area contributed by atoms with Gasteiger partial charge in [0.15, 0.2) is 0 Å². The van der Waals surface area contributed by atoms with Gasteiger partial charge >= 0.3 is 0 Å². The molecular formula is C40H24N4O2. The van der Waals surface area contributed by atoms with E-state index in [2.05, 4.69) is 94.9 Å². The maximum absolute atomic E-state index is 13.2. The van der Waals surface area contributed by atoms with E-state index < -0.39 is 0 Å². The molecule has 0 saturated carbocycles. The number of imide groups is 1. The molecule has 0 aliphatic carbocycles. The van der Waals surface area contributed by atoms with Crippen LogP contribution < -0.4 is 4.90 Å². The molecule has 1 aliphatic heterocycles. The number of carbonyl (C=O) groups excluding carboxylic acids is 2. The smallest absolute Gasteiger partial charge is 0.266 e. The van der Waals surface area contributed by atoms with E-state index in [0.717, 1.165) is 54.2 Å². The first-order valence-corrected chi connectivity index (χ1v) is 15.1. The van der Waals surface area contributed by atoms with E-state index in [1.807, 2.05) is 18.2 Å². The fraction of sp³-hybridized carbons (Fsp3) is 0.0250. The predicted octanol–water partition coefficient (Wildman–Crippen LogP) is 8.86. The number of nitriles is 1. The lowest BCUT2D eigenvalue weighted by atomic mass is 10.1. The lowest BCUT2D eigenvalue weighted by Crippen LogP contribution is -2.29. The van der Waals surface area contributed by atoms with E-state index in [4.69, 9.17) is 0 Å². The van der Waals surface area contributed by atoms with E-state index in [1.54, 1.807) is 36.4 Å². The molecule has 216 valence electrons. The molecule has 0 atom stereocenters. The molecular weight excluding hydrogens is 568 g/mol. The Morgan fingerprint density at radius 1 is 0.543 bits per heavy atom. The van der Waals surface area contributed by atoms with Crippen LogP contribution in [0, 0.1) is 18.3 Å². The Morgan fingerprint density at radius 3 is 1.67 bits per heavy atom. The van der Waals surface area contributed by atoms with Gasteiger partial charge in [0, 0.05) is 27.2 Å². The highest BCUT2D eigenvalue weighted by Crippen LogP contribution is 2.43. The second kappa shape index (κ2) is 9.52. The molecule has 6 aromatic carbocycles. The molecule has 0 spiro atoms. The van der Waals surface area contributed by atoms with Crippen LogP contribution in [0.3, 0.4) is 0 Å². The van der Waals surface area contributed by atoms with Crippen LogP contribution in [-0.2, 0) is 0 Å². The summed E-state index contributed by atoms with van der Waals surface area (Å²) in [6.07, 6.45) is 0. The predicted molar refractivity (Wildman–Crippen MR) is 182 cm³/mol. The highest BCUT2D eigenvalue weighted by molar-refractivity contribution is 6.34. The fourth-order valence-electron chi connectivity index (χ4n) is 7.12. The molecule has 6 nitrogen and oxygen atoms in total. The van der Waals surface area contributed by atoms with Gasteiger partial charge in [-0.2, -0.15) is 5.26 Å². The first-order valence-electron chi connectivity index (χ1n) is 15.1. The minimum absolute atomic E-state index is 0.360.